The molecule has 0 bridgehead atoms. The largest absolute Gasteiger partial charge is 0.381 e. The molecule has 172 valence electrons. The number of nitrogens with one attached hydrogen (secondary N) is 2. The van der Waals surface area contributed by atoms with Crippen molar-refractivity contribution in [2.75, 3.05) is 53.1 Å². The van der Waals surface area contributed by atoms with E-state index in [1.165, 1.54) is 11.1 Å². The molecule has 0 spiro atoms. The molecule has 7 heteroatoms. The predicted octanol–water partition coefficient (Wildman–Crippen LogP) is 3.64. The van der Waals surface area contributed by atoms with Gasteiger partial charge in [0.25, 0.3) is 0 Å². The van der Waals surface area contributed by atoms with Gasteiger partial charge in [0.2, 0.25) is 0 Å². The van der Waals surface area contributed by atoms with E-state index >= 15 is 0 Å². The maximum Gasteiger partial charge on any atom is 0.191 e. The van der Waals surface area contributed by atoms with Gasteiger partial charge in [0.15, 0.2) is 5.96 Å². The van der Waals surface area contributed by atoms with Crippen LogP contribution >= 0.6 is 24.0 Å². The Kier molecular flexibility index (Phi) is 15.2. The molecule has 30 heavy (non-hydrogen) atoms. The second kappa shape index (κ2) is 16.8. The lowest BCUT2D eigenvalue weighted by molar-refractivity contribution is 0.0203. The second-order valence-electron chi connectivity index (χ2n) is 7.57. The molecule has 1 heterocycles. The average Bonchev–Trinajstić information content (AvgIpc) is 2.77. The van der Waals surface area contributed by atoms with Gasteiger partial charge >= 0.3 is 0 Å². The fourth-order valence-electron chi connectivity index (χ4n) is 3.52. The van der Waals surface area contributed by atoms with E-state index in [9.17, 15) is 0 Å². The molecule has 0 aliphatic carbocycles. The monoisotopic (exact) mass is 532 g/mol. The third-order valence-electron chi connectivity index (χ3n) is 5.53. The Hall–Kier alpha value is -0.900. The van der Waals surface area contributed by atoms with E-state index in [0.717, 1.165) is 84.4 Å². The van der Waals surface area contributed by atoms with Crippen molar-refractivity contribution >= 4 is 29.9 Å². The Labute approximate surface area is 200 Å². The van der Waals surface area contributed by atoms with Gasteiger partial charge in [-0.05, 0) is 49.4 Å². The molecule has 0 saturated carbocycles. The predicted molar refractivity (Wildman–Crippen MR) is 136 cm³/mol. The molecule has 0 unspecified atom stereocenters. The van der Waals surface area contributed by atoms with Gasteiger partial charge in [-0.3, -0.25) is 9.89 Å². The first-order chi connectivity index (χ1) is 14.3. The minimum atomic E-state index is 0. The molecule has 0 atom stereocenters. The molecule has 2 rings (SSSR count). The first-order valence-electron chi connectivity index (χ1n) is 11.2. The highest BCUT2D eigenvalue weighted by Gasteiger charge is 2.13. The van der Waals surface area contributed by atoms with Gasteiger partial charge in [0, 0.05) is 53.1 Å². The van der Waals surface area contributed by atoms with Crippen LogP contribution in [0.5, 0.6) is 0 Å². The molecule has 0 aromatic heterocycles. The molecule has 2 N–H and O–H groups in total. The third kappa shape index (κ3) is 10.4. The van der Waals surface area contributed by atoms with Crippen LogP contribution in [0.25, 0.3) is 0 Å². The summed E-state index contributed by atoms with van der Waals surface area (Å²) in [5, 5.41) is 6.83. The van der Waals surface area contributed by atoms with Gasteiger partial charge in [-0.2, -0.15) is 0 Å². The van der Waals surface area contributed by atoms with Crippen molar-refractivity contribution in [3.05, 3.63) is 35.4 Å². The van der Waals surface area contributed by atoms with Gasteiger partial charge < -0.3 is 20.1 Å². The van der Waals surface area contributed by atoms with Crippen molar-refractivity contribution < 1.29 is 9.47 Å². The summed E-state index contributed by atoms with van der Waals surface area (Å²) in [7, 11) is 1.82. The number of halogens is 1. The SMILES string of the molecule is CCN(CC)Cc1ccccc1CNC(=NC)NCCCOCC1CCOCC1.I. The molecule has 1 aliphatic heterocycles. The van der Waals surface area contributed by atoms with Gasteiger partial charge in [0.1, 0.15) is 0 Å². The molecule has 1 saturated heterocycles. The lowest BCUT2D eigenvalue weighted by atomic mass is 10.0. The van der Waals surface area contributed by atoms with Gasteiger partial charge in [-0.25, -0.2) is 0 Å². The number of rotatable bonds is 12. The first kappa shape index (κ1) is 27.1. The highest BCUT2D eigenvalue weighted by atomic mass is 127. The van der Waals surface area contributed by atoms with Crippen molar-refractivity contribution in [2.24, 2.45) is 10.9 Å². The van der Waals surface area contributed by atoms with E-state index in [1.807, 2.05) is 7.05 Å². The van der Waals surface area contributed by atoms with E-state index in [0.29, 0.717) is 5.92 Å². The van der Waals surface area contributed by atoms with Crippen molar-refractivity contribution in [1.29, 1.82) is 0 Å². The topological polar surface area (TPSA) is 58.1 Å². The maximum atomic E-state index is 5.83. The van der Waals surface area contributed by atoms with E-state index < -0.39 is 0 Å². The highest BCUT2D eigenvalue weighted by Crippen LogP contribution is 2.14. The Balaban J connectivity index is 0.00000450. The summed E-state index contributed by atoms with van der Waals surface area (Å²) in [6.45, 7) is 12.6. The van der Waals surface area contributed by atoms with Crippen LogP contribution in [-0.4, -0.2) is 64.0 Å². The molecule has 1 aromatic rings. The molecule has 1 aromatic carbocycles. The zero-order chi connectivity index (χ0) is 20.7. The van der Waals surface area contributed by atoms with Crippen LogP contribution in [0.15, 0.2) is 29.3 Å². The number of ether oxygens (including phenoxy) is 2. The molecule has 1 aliphatic rings. The molecule has 0 radical (unpaired) electrons. The summed E-state index contributed by atoms with van der Waals surface area (Å²) in [4.78, 5) is 6.78. The molecule has 1 fully saturated rings. The standard InChI is InChI=1S/C23H40N4O2.HI/c1-4-27(5-2)18-22-10-7-6-9-21(22)17-26-23(24-3)25-13-8-14-29-19-20-11-15-28-16-12-20;/h6-7,9-10,20H,4-5,8,11-19H2,1-3H3,(H2,24,25,26);1H. The van der Waals surface area contributed by atoms with E-state index in [-0.39, 0.29) is 24.0 Å². The number of nitrogens with zero attached hydrogens (tertiary/aromatic N) is 2. The summed E-state index contributed by atoms with van der Waals surface area (Å²) >= 11 is 0. The first-order valence-corrected chi connectivity index (χ1v) is 11.2. The van der Waals surface area contributed by atoms with E-state index in [2.05, 4.69) is 58.6 Å². The number of aliphatic imine (C=N–C) groups is 1. The zero-order valence-electron chi connectivity index (χ0n) is 19.0. The average molecular weight is 533 g/mol. The quantitative estimate of drug-likeness (QED) is 0.186. The summed E-state index contributed by atoms with van der Waals surface area (Å²) in [5.41, 5.74) is 2.70. The summed E-state index contributed by atoms with van der Waals surface area (Å²) in [6.07, 6.45) is 3.23. The van der Waals surface area contributed by atoms with Crippen LogP contribution in [0.4, 0.5) is 0 Å². The Morgan fingerprint density at radius 3 is 2.50 bits per heavy atom. The smallest absolute Gasteiger partial charge is 0.191 e. The lowest BCUT2D eigenvalue weighted by Crippen LogP contribution is -2.38. The van der Waals surface area contributed by atoms with Crippen molar-refractivity contribution in [2.45, 2.75) is 46.2 Å². The van der Waals surface area contributed by atoms with Crippen LogP contribution < -0.4 is 10.6 Å². The normalized spacial score (nSPS) is 15.1. The minimum absolute atomic E-state index is 0. The summed E-state index contributed by atoms with van der Waals surface area (Å²) in [5.74, 6) is 1.51. The van der Waals surface area contributed by atoms with Crippen molar-refractivity contribution in [1.82, 2.24) is 15.5 Å². The van der Waals surface area contributed by atoms with E-state index in [1.54, 1.807) is 0 Å². The lowest BCUT2D eigenvalue weighted by Gasteiger charge is -2.21. The van der Waals surface area contributed by atoms with E-state index in [4.69, 9.17) is 9.47 Å². The van der Waals surface area contributed by atoms with Crippen LogP contribution in [0.1, 0.15) is 44.2 Å². The number of benzene rings is 1. The van der Waals surface area contributed by atoms with Crippen LogP contribution in [0, 0.1) is 5.92 Å². The maximum absolute atomic E-state index is 5.83. The van der Waals surface area contributed by atoms with Crippen molar-refractivity contribution in [3.8, 4) is 0 Å². The van der Waals surface area contributed by atoms with Crippen LogP contribution in [0.2, 0.25) is 0 Å². The van der Waals surface area contributed by atoms with Gasteiger partial charge in [-0.1, -0.05) is 38.1 Å². The Morgan fingerprint density at radius 1 is 1.13 bits per heavy atom. The summed E-state index contributed by atoms with van der Waals surface area (Å²) in [6, 6.07) is 8.65. The Morgan fingerprint density at radius 2 is 1.83 bits per heavy atom. The van der Waals surface area contributed by atoms with Gasteiger partial charge in [-0.15, -0.1) is 24.0 Å². The Bertz CT molecular complexity index is 590. The van der Waals surface area contributed by atoms with Crippen LogP contribution in [0.3, 0.4) is 0 Å². The van der Waals surface area contributed by atoms with Gasteiger partial charge in [0.05, 0.1) is 0 Å². The molecule has 6 nitrogen and oxygen atoms in total. The zero-order valence-corrected chi connectivity index (χ0v) is 21.3. The molecular weight excluding hydrogens is 491 g/mol. The van der Waals surface area contributed by atoms with Crippen molar-refractivity contribution in [3.63, 3.8) is 0 Å². The number of hydrogen-bond donors (Lipinski definition) is 2. The number of hydrogen-bond acceptors (Lipinski definition) is 4. The molecular formula is C23H41IN4O2. The van der Waals surface area contributed by atoms with Crippen LogP contribution in [-0.2, 0) is 22.6 Å². The molecule has 0 amide bonds. The summed E-state index contributed by atoms with van der Waals surface area (Å²) < 4.78 is 11.2. The number of guanidine groups is 1. The highest BCUT2D eigenvalue weighted by molar-refractivity contribution is 14.0. The fraction of sp³-hybridized carbons (Fsp3) is 0.696. The third-order valence-corrected chi connectivity index (χ3v) is 5.53. The minimum Gasteiger partial charge on any atom is -0.381 e. The fourth-order valence-corrected chi connectivity index (χ4v) is 3.52. The second-order valence-corrected chi connectivity index (χ2v) is 7.57.